The van der Waals surface area contributed by atoms with E-state index in [0.29, 0.717) is 28.6 Å². The van der Waals surface area contributed by atoms with E-state index >= 15 is 0 Å². The van der Waals surface area contributed by atoms with Crippen LogP contribution in [0.4, 0.5) is 22.0 Å². The molecule has 0 spiro atoms. The van der Waals surface area contributed by atoms with Gasteiger partial charge in [0.15, 0.2) is 0 Å². The van der Waals surface area contributed by atoms with Crippen LogP contribution in [0, 0.1) is 0 Å². The third-order valence-corrected chi connectivity index (χ3v) is 4.09. The lowest BCUT2D eigenvalue weighted by Crippen LogP contribution is -2.35. The molecular weight excluding hydrogens is 390 g/mol. The number of anilines is 3. The molecule has 0 unspecified atom stereocenters. The summed E-state index contributed by atoms with van der Waals surface area (Å²) >= 11 is 0. The van der Waals surface area contributed by atoms with Crippen molar-refractivity contribution in [2.75, 3.05) is 24.4 Å². The minimum absolute atomic E-state index is 0.00404. The number of nitrogens with one attached hydrogen (secondary N) is 1. The molecule has 0 aliphatic rings. The van der Waals surface area contributed by atoms with Gasteiger partial charge in [-0.2, -0.15) is 5.10 Å². The van der Waals surface area contributed by atoms with Crippen molar-refractivity contribution in [2.45, 2.75) is 26.4 Å². The van der Waals surface area contributed by atoms with Gasteiger partial charge in [-0.25, -0.2) is 19.1 Å². The molecule has 0 aliphatic carbocycles. The average molecular weight is 413 g/mol. The summed E-state index contributed by atoms with van der Waals surface area (Å²) in [6.45, 7) is 5.28. The predicted molar refractivity (Wildman–Crippen MR) is 111 cm³/mol. The number of hydrogen-bond acceptors (Lipinski definition) is 7. The van der Waals surface area contributed by atoms with E-state index in [-0.39, 0.29) is 5.56 Å². The van der Waals surface area contributed by atoms with Crippen molar-refractivity contribution in [2.24, 2.45) is 0 Å². The molecule has 10 heteroatoms. The number of methoxy groups -OCH3 is 1. The summed E-state index contributed by atoms with van der Waals surface area (Å²) in [5.41, 5.74) is 0.699. The molecule has 158 valence electrons. The highest BCUT2D eigenvalue weighted by molar-refractivity contribution is 5.97. The van der Waals surface area contributed by atoms with E-state index < -0.39 is 17.7 Å². The van der Waals surface area contributed by atoms with E-state index in [0.717, 1.165) is 0 Å². The number of carboxylic acids is 1. The Hall–Kier alpha value is -3.82. The lowest BCUT2D eigenvalue weighted by molar-refractivity contribution is 0.0587. The Morgan fingerprint density at radius 1 is 1.27 bits per heavy atom. The number of hydrogen-bond donors (Lipinski definition) is 2. The molecule has 0 radical (unpaired) electrons. The molecule has 3 heterocycles. The molecule has 0 bridgehead atoms. The third kappa shape index (κ3) is 4.27. The zero-order chi connectivity index (χ0) is 22.1. The fourth-order valence-corrected chi connectivity index (χ4v) is 2.77. The van der Waals surface area contributed by atoms with Crippen molar-refractivity contribution in [3.8, 4) is 5.88 Å². The number of carbonyl (C=O) groups is 2. The van der Waals surface area contributed by atoms with Crippen LogP contribution in [-0.4, -0.2) is 51.5 Å². The smallest absolute Gasteiger partial charge is 0.415 e. The highest BCUT2D eigenvalue weighted by Gasteiger charge is 2.24. The molecule has 30 heavy (non-hydrogen) atoms. The summed E-state index contributed by atoms with van der Waals surface area (Å²) in [5, 5.41) is 16.8. The van der Waals surface area contributed by atoms with Gasteiger partial charge in [0.1, 0.15) is 22.7 Å². The van der Waals surface area contributed by atoms with E-state index in [1.165, 1.54) is 29.8 Å². The molecule has 0 atom stereocenters. The molecule has 0 aromatic carbocycles. The van der Waals surface area contributed by atoms with Crippen molar-refractivity contribution in [1.82, 2.24) is 14.6 Å². The molecule has 0 aliphatic heterocycles. The second kappa shape index (κ2) is 7.90. The summed E-state index contributed by atoms with van der Waals surface area (Å²) in [6, 6.07) is 6.78. The first-order chi connectivity index (χ1) is 14.1. The number of nitrogens with zero attached hydrogens (tertiary/aromatic N) is 4. The van der Waals surface area contributed by atoms with Gasteiger partial charge in [0.25, 0.3) is 0 Å². The lowest BCUT2D eigenvalue weighted by atomic mass is 10.2. The Labute approximate surface area is 173 Å². The van der Waals surface area contributed by atoms with Gasteiger partial charge < -0.3 is 19.9 Å². The number of ether oxygens (including phenoxy) is 2. The van der Waals surface area contributed by atoms with Gasteiger partial charge in [-0.1, -0.05) is 0 Å². The van der Waals surface area contributed by atoms with Crippen molar-refractivity contribution in [3.63, 3.8) is 0 Å². The Morgan fingerprint density at radius 3 is 2.63 bits per heavy atom. The molecule has 3 aromatic heterocycles. The summed E-state index contributed by atoms with van der Waals surface area (Å²) in [7, 11) is 3.03. The number of aromatic carboxylic acids is 1. The number of aromatic nitrogens is 3. The molecule has 2 N–H and O–H groups in total. The van der Waals surface area contributed by atoms with Crippen LogP contribution in [0.3, 0.4) is 0 Å². The maximum atomic E-state index is 12.6. The number of fused-ring (bicyclic) bond motifs is 1. The first kappa shape index (κ1) is 20.9. The number of rotatable bonds is 5. The van der Waals surface area contributed by atoms with Crippen LogP contribution in [-0.2, 0) is 4.74 Å². The minimum Gasteiger partial charge on any atom is -0.480 e. The first-order valence-electron chi connectivity index (χ1n) is 9.08. The molecule has 0 saturated heterocycles. The van der Waals surface area contributed by atoms with Crippen LogP contribution in [0.5, 0.6) is 5.88 Å². The SMILES string of the molecule is COc1ncccc1Nc1cc(N(C)C(=O)OC(C)(C)C)n2ncc(C(=O)O)c2c1. The van der Waals surface area contributed by atoms with Gasteiger partial charge in [0.05, 0.1) is 18.8 Å². The van der Waals surface area contributed by atoms with Crippen LogP contribution in [0.2, 0.25) is 0 Å². The molecule has 3 aromatic rings. The van der Waals surface area contributed by atoms with Gasteiger partial charge >= 0.3 is 12.1 Å². The lowest BCUT2D eigenvalue weighted by Gasteiger charge is -2.25. The normalized spacial score (nSPS) is 11.2. The fourth-order valence-electron chi connectivity index (χ4n) is 2.77. The largest absolute Gasteiger partial charge is 0.480 e. The molecule has 1 amide bonds. The topological polar surface area (TPSA) is 118 Å². The van der Waals surface area contributed by atoms with Crippen LogP contribution in [0.1, 0.15) is 31.1 Å². The minimum atomic E-state index is -1.13. The molecule has 10 nitrogen and oxygen atoms in total. The van der Waals surface area contributed by atoms with Crippen molar-refractivity contribution < 1.29 is 24.2 Å². The van der Waals surface area contributed by atoms with Crippen molar-refractivity contribution >= 4 is 34.8 Å². The summed E-state index contributed by atoms with van der Waals surface area (Å²) in [4.78, 5) is 29.7. The monoisotopic (exact) mass is 413 g/mol. The highest BCUT2D eigenvalue weighted by Crippen LogP contribution is 2.30. The van der Waals surface area contributed by atoms with Crippen LogP contribution >= 0.6 is 0 Å². The molecule has 3 rings (SSSR count). The Bertz CT molecular complexity index is 1100. The Balaban J connectivity index is 2.11. The van der Waals surface area contributed by atoms with Gasteiger partial charge in [-0.3, -0.25) is 4.90 Å². The standard InChI is InChI=1S/C20H23N5O5/c1-20(2,3)30-19(28)24(4)16-10-12(23-14-7-6-8-21-17(14)29-5)9-15-13(18(26)27)11-22-25(15)16/h6-11,23H,1-5H3,(H,26,27). The molecule has 0 saturated carbocycles. The van der Waals surface area contributed by atoms with E-state index in [9.17, 15) is 14.7 Å². The predicted octanol–water partition coefficient (Wildman–Crippen LogP) is 3.55. The van der Waals surface area contributed by atoms with Gasteiger partial charge in [-0.05, 0) is 39.0 Å². The van der Waals surface area contributed by atoms with E-state index in [1.807, 2.05) is 0 Å². The molecule has 0 fully saturated rings. The van der Waals surface area contributed by atoms with Gasteiger partial charge in [0, 0.05) is 25.0 Å². The Kier molecular flexibility index (Phi) is 5.50. The quantitative estimate of drug-likeness (QED) is 0.652. The zero-order valence-corrected chi connectivity index (χ0v) is 17.3. The number of carboxylic acid groups (broad SMARTS) is 1. The van der Waals surface area contributed by atoms with Crippen LogP contribution in [0.25, 0.3) is 5.52 Å². The second-order valence-corrected chi connectivity index (χ2v) is 7.49. The van der Waals surface area contributed by atoms with Gasteiger partial charge in [-0.15, -0.1) is 0 Å². The number of carbonyl (C=O) groups excluding carboxylic acids is 1. The molecular formula is C20H23N5O5. The van der Waals surface area contributed by atoms with E-state index in [1.54, 1.807) is 51.2 Å². The maximum absolute atomic E-state index is 12.6. The van der Waals surface area contributed by atoms with Gasteiger partial charge in [0.2, 0.25) is 5.88 Å². The Morgan fingerprint density at radius 2 is 2.00 bits per heavy atom. The van der Waals surface area contributed by atoms with Crippen LogP contribution < -0.4 is 15.0 Å². The second-order valence-electron chi connectivity index (χ2n) is 7.49. The third-order valence-electron chi connectivity index (χ3n) is 4.09. The number of amides is 1. The number of pyridine rings is 2. The fraction of sp³-hybridized carbons (Fsp3) is 0.300. The zero-order valence-electron chi connectivity index (χ0n) is 17.3. The highest BCUT2D eigenvalue weighted by atomic mass is 16.6. The van der Waals surface area contributed by atoms with Crippen LogP contribution in [0.15, 0.2) is 36.7 Å². The van der Waals surface area contributed by atoms with E-state index in [2.05, 4.69) is 15.4 Å². The van der Waals surface area contributed by atoms with Crippen molar-refractivity contribution in [1.29, 1.82) is 0 Å². The summed E-state index contributed by atoms with van der Waals surface area (Å²) in [6.07, 6.45) is 2.22. The summed E-state index contributed by atoms with van der Waals surface area (Å²) < 4.78 is 12.1. The first-order valence-corrected chi connectivity index (χ1v) is 9.08. The maximum Gasteiger partial charge on any atom is 0.415 e. The van der Waals surface area contributed by atoms with Crippen molar-refractivity contribution in [3.05, 3.63) is 42.2 Å². The summed E-state index contributed by atoms with van der Waals surface area (Å²) in [5.74, 6) is -0.446. The average Bonchev–Trinajstić information content (AvgIpc) is 3.10. The van der Waals surface area contributed by atoms with E-state index in [4.69, 9.17) is 9.47 Å².